The summed E-state index contributed by atoms with van der Waals surface area (Å²) in [7, 11) is -13.5. The van der Waals surface area contributed by atoms with Gasteiger partial charge in [-0.15, -0.1) is 0 Å². The first kappa shape index (κ1) is 26.6. The molecule has 1 aromatic rings. The number of halogens is 1. The third-order valence-corrected chi connectivity index (χ3v) is 8.19. The van der Waals surface area contributed by atoms with Gasteiger partial charge in [0, 0.05) is 0 Å². The second kappa shape index (κ2) is 9.29. The summed E-state index contributed by atoms with van der Waals surface area (Å²) in [4.78, 5) is 61.2. The third-order valence-electron chi connectivity index (χ3n) is 3.59. The van der Waals surface area contributed by atoms with Gasteiger partial charge in [0.2, 0.25) is 0 Å². The van der Waals surface area contributed by atoms with Crippen molar-refractivity contribution in [3.8, 4) is 0 Å². The number of phosphoric ester groups is 1. The van der Waals surface area contributed by atoms with Crippen LogP contribution in [0.5, 0.6) is 0 Å². The van der Waals surface area contributed by atoms with Crippen molar-refractivity contribution in [3.63, 3.8) is 0 Å². The Labute approximate surface area is 172 Å². The maximum atomic E-state index is 13.5. The molecule has 0 bridgehead atoms. The number of H-pyrrole nitrogens is 1. The summed E-state index contributed by atoms with van der Waals surface area (Å²) in [6, 6.07) is 0. The molecule has 17 nitrogen and oxygen atoms in total. The van der Waals surface area contributed by atoms with Crippen LogP contribution >= 0.6 is 31.4 Å². The van der Waals surface area contributed by atoms with Gasteiger partial charge in [0.1, 0.15) is 25.1 Å². The Bertz CT molecular complexity index is 1070. The summed E-state index contributed by atoms with van der Waals surface area (Å²) in [5.74, 6) is 0. The third kappa shape index (κ3) is 6.67. The van der Waals surface area contributed by atoms with Gasteiger partial charge in [-0.3, -0.25) is 14.3 Å². The van der Waals surface area contributed by atoms with Crippen molar-refractivity contribution in [1.82, 2.24) is 14.8 Å². The zero-order valence-electron chi connectivity index (χ0n) is 14.8. The summed E-state index contributed by atoms with van der Waals surface area (Å²) >= 11 is 0. The highest BCUT2D eigenvalue weighted by Gasteiger charge is 2.58. The van der Waals surface area contributed by atoms with E-state index in [0.29, 0.717) is 6.20 Å². The molecule has 7 N–H and O–H groups in total. The summed E-state index contributed by atoms with van der Waals surface area (Å²) in [6.07, 6.45) is -5.47. The molecular weight excluding hydrogens is 517 g/mol. The van der Waals surface area contributed by atoms with Crippen molar-refractivity contribution in [2.24, 2.45) is 0 Å². The van der Waals surface area contributed by atoms with E-state index in [-0.39, 0.29) is 4.68 Å². The molecule has 22 heteroatoms. The number of phosphoric acid groups is 2. The Morgan fingerprint density at radius 3 is 2.39 bits per heavy atom. The normalized spacial score (nSPS) is 30.6. The molecule has 1 aliphatic heterocycles. The van der Waals surface area contributed by atoms with Gasteiger partial charge in [-0.25, -0.2) is 22.6 Å². The van der Waals surface area contributed by atoms with E-state index in [0.717, 1.165) is 0 Å². The first-order chi connectivity index (χ1) is 14.0. The van der Waals surface area contributed by atoms with E-state index < -0.39 is 71.4 Å². The minimum atomic E-state index is -5.55. The number of aliphatic hydroxyl groups excluding tert-OH is 1. The number of hydrogen-bond acceptors (Lipinski definition) is 11. The smallest absolute Gasteiger partial charge is 0.387 e. The number of aromatic amines is 1. The number of hydrogen-bond donors (Lipinski definition) is 7. The van der Waals surface area contributed by atoms with Crippen LogP contribution in [0.2, 0.25) is 0 Å². The molecule has 0 aliphatic carbocycles. The molecule has 1 fully saturated rings. The number of aliphatic hydroxyl groups is 2. The minimum Gasteiger partial charge on any atom is -0.387 e. The second-order valence-corrected chi connectivity index (χ2v) is 12.2. The first-order valence-corrected chi connectivity index (χ1v) is 13.6. The van der Waals surface area contributed by atoms with Crippen LogP contribution in [0.3, 0.4) is 0 Å². The second-order valence-electron chi connectivity index (χ2n) is 5.92. The standard InChI is InChI=1S/C9H16FN3O14P4/c10-3-9(17)6(15)4(25-7(9)13-8(16)12-5(14)1-11-13)2-24-29(18,19)26-30(20,21)27-31(22,23)28/h1,4,6-7,15,17,22-23,28H,2-3H2,(H,18,19)(H,20,21)(H,12,14,16)/t4-,6+,7-,9?/m1/s1. The summed E-state index contributed by atoms with van der Waals surface area (Å²) < 4.78 is 54.0. The average Bonchev–Trinajstić information content (AvgIpc) is 2.82. The van der Waals surface area contributed by atoms with Gasteiger partial charge >= 0.3 is 21.3 Å². The summed E-state index contributed by atoms with van der Waals surface area (Å²) in [5, 5.41) is 23.9. The van der Waals surface area contributed by atoms with Crippen molar-refractivity contribution in [2.45, 2.75) is 24.0 Å². The van der Waals surface area contributed by atoms with Crippen LogP contribution < -0.4 is 11.2 Å². The Morgan fingerprint density at radius 2 is 1.87 bits per heavy atom. The van der Waals surface area contributed by atoms with E-state index >= 15 is 0 Å². The molecule has 1 aromatic heterocycles. The SMILES string of the molecule is O=c1cnn([C@@H]2O[C@H](COP(=O)(O)OP(=O)(O)OP(O)(O)=P)[C@H](O)C2(O)CF)c(=O)[nH]1. The van der Waals surface area contributed by atoms with Crippen LogP contribution in [0.25, 0.3) is 0 Å². The molecule has 6 atom stereocenters. The molecule has 178 valence electrons. The van der Waals surface area contributed by atoms with Crippen molar-refractivity contribution >= 4 is 31.4 Å². The lowest BCUT2D eigenvalue weighted by atomic mass is 9.96. The molecule has 0 saturated carbocycles. The Balaban J connectivity index is 2.18. The maximum Gasteiger partial charge on any atom is 0.488 e. The lowest BCUT2D eigenvalue weighted by molar-refractivity contribution is -0.126. The van der Waals surface area contributed by atoms with Gasteiger partial charge in [-0.1, -0.05) is 0 Å². The molecule has 0 amide bonds. The molecule has 2 rings (SSSR count). The highest BCUT2D eigenvalue weighted by molar-refractivity contribution is 7.91. The Hall–Kier alpha value is -0.670. The number of nitrogens with one attached hydrogen (secondary N) is 1. The predicted molar refractivity (Wildman–Crippen MR) is 97.4 cm³/mol. The molecule has 31 heavy (non-hydrogen) atoms. The largest absolute Gasteiger partial charge is 0.488 e. The van der Waals surface area contributed by atoms with Gasteiger partial charge in [0.25, 0.3) is 12.8 Å². The molecular formula is C9H16FN3O14P4. The number of rotatable bonds is 9. The van der Waals surface area contributed by atoms with Crippen molar-refractivity contribution in [3.05, 3.63) is 27.0 Å². The molecule has 1 aliphatic rings. The van der Waals surface area contributed by atoms with Gasteiger partial charge in [0.05, 0.1) is 6.61 Å². The van der Waals surface area contributed by atoms with Gasteiger partial charge < -0.3 is 34.5 Å². The molecule has 3 unspecified atom stereocenters. The Morgan fingerprint density at radius 1 is 1.26 bits per heavy atom. The minimum absolute atomic E-state index is 0.288. The van der Waals surface area contributed by atoms with E-state index in [4.69, 9.17) is 14.5 Å². The maximum absolute atomic E-state index is 13.5. The Kier molecular flexibility index (Phi) is 7.97. The molecule has 0 spiro atoms. The average molecular weight is 533 g/mol. The lowest BCUT2D eigenvalue weighted by Crippen LogP contribution is -2.51. The molecule has 1 saturated heterocycles. The fraction of sp³-hybridized carbons (Fsp3) is 0.667. The van der Waals surface area contributed by atoms with Crippen molar-refractivity contribution in [2.75, 3.05) is 13.3 Å². The monoisotopic (exact) mass is 533 g/mol. The molecule has 0 aromatic carbocycles. The number of ether oxygens (including phenoxy) is 1. The van der Waals surface area contributed by atoms with Crippen LogP contribution in [0.15, 0.2) is 15.8 Å². The zero-order chi connectivity index (χ0) is 23.8. The highest BCUT2D eigenvalue weighted by atomic mass is 31.8. The van der Waals surface area contributed by atoms with Crippen LogP contribution in [0.1, 0.15) is 6.23 Å². The molecule has 0 radical (unpaired) electrons. The lowest BCUT2D eigenvalue weighted by Gasteiger charge is -2.27. The van der Waals surface area contributed by atoms with Crippen LogP contribution in [-0.2, 0) is 27.0 Å². The van der Waals surface area contributed by atoms with E-state index in [2.05, 4.69) is 26.8 Å². The van der Waals surface area contributed by atoms with E-state index in [1.54, 1.807) is 4.98 Å². The van der Waals surface area contributed by atoms with Crippen LogP contribution in [-0.4, -0.2) is 75.6 Å². The van der Waals surface area contributed by atoms with E-state index in [1.807, 2.05) is 0 Å². The van der Waals surface area contributed by atoms with Gasteiger partial charge in [-0.2, -0.15) is 14.1 Å². The zero-order valence-corrected chi connectivity index (χ0v) is 18.5. The van der Waals surface area contributed by atoms with E-state index in [9.17, 15) is 43.1 Å². The van der Waals surface area contributed by atoms with E-state index in [1.165, 1.54) is 0 Å². The summed E-state index contributed by atoms with van der Waals surface area (Å²) in [5.41, 5.74) is -5.01. The molecule has 2 heterocycles. The fourth-order valence-electron chi connectivity index (χ4n) is 2.38. The fourth-order valence-corrected chi connectivity index (χ4v) is 6.41. The number of nitrogens with zero attached hydrogens (tertiary/aromatic N) is 2. The first-order valence-electron chi connectivity index (χ1n) is 7.62. The van der Waals surface area contributed by atoms with Crippen molar-refractivity contribution < 1.29 is 61.2 Å². The quantitative estimate of drug-likeness (QED) is 0.168. The topological polar surface area (TPSA) is 260 Å². The number of alkyl halides is 1. The predicted octanol–water partition coefficient (Wildman–Crippen LogP) is -2.05. The van der Waals surface area contributed by atoms with Gasteiger partial charge in [-0.05, 0) is 8.53 Å². The highest BCUT2D eigenvalue weighted by Crippen LogP contribution is 2.67. The van der Waals surface area contributed by atoms with Crippen molar-refractivity contribution in [1.29, 1.82) is 0 Å². The summed E-state index contributed by atoms with van der Waals surface area (Å²) in [6.45, 7) is -2.89. The van der Waals surface area contributed by atoms with Crippen LogP contribution in [0.4, 0.5) is 4.39 Å². The number of aromatic nitrogens is 3. The van der Waals surface area contributed by atoms with Crippen LogP contribution in [0, 0.1) is 0 Å². The van der Waals surface area contributed by atoms with Gasteiger partial charge in [0.15, 0.2) is 11.8 Å².